The predicted octanol–water partition coefficient (Wildman–Crippen LogP) is 3.81. The van der Waals surface area contributed by atoms with E-state index >= 15 is 0 Å². The summed E-state index contributed by atoms with van der Waals surface area (Å²) in [6.07, 6.45) is -1.02. The van der Waals surface area contributed by atoms with Crippen molar-refractivity contribution in [1.82, 2.24) is 0 Å². The fourth-order valence-electron chi connectivity index (χ4n) is 2.19. The molecule has 2 N–H and O–H groups in total. The van der Waals surface area contributed by atoms with Crippen LogP contribution in [-0.2, 0) is 9.53 Å². The van der Waals surface area contributed by atoms with Gasteiger partial charge in [0.15, 0.2) is 6.10 Å². The average molecular weight is 369 g/mol. The zero-order chi connectivity index (χ0) is 20.2. The molecule has 0 radical (unpaired) electrons. The van der Waals surface area contributed by atoms with Crippen molar-refractivity contribution >= 4 is 23.3 Å². The summed E-state index contributed by atoms with van der Waals surface area (Å²) in [5.74, 6) is -1.50. The van der Waals surface area contributed by atoms with Crippen LogP contribution in [0.15, 0.2) is 48.5 Å². The largest absolute Gasteiger partial charge is 0.507 e. The van der Waals surface area contributed by atoms with Gasteiger partial charge >= 0.3 is 5.97 Å². The van der Waals surface area contributed by atoms with E-state index in [0.29, 0.717) is 11.3 Å². The van der Waals surface area contributed by atoms with Gasteiger partial charge in [0.1, 0.15) is 11.3 Å². The lowest BCUT2D eigenvalue weighted by molar-refractivity contribution is -0.123. The Morgan fingerprint density at radius 3 is 2.15 bits per heavy atom. The first-order valence-corrected chi connectivity index (χ1v) is 8.54. The number of aromatic hydroxyl groups is 1. The van der Waals surface area contributed by atoms with Gasteiger partial charge in [-0.2, -0.15) is 0 Å². The van der Waals surface area contributed by atoms with Gasteiger partial charge in [-0.1, -0.05) is 32.9 Å². The SMILES string of the molecule is C[C@H](OC(=O)c1ccccc1O)C(=O)c1ccc(NC(=O)C(C)(C)C)cc1. The van der Waals surface area contributed by atoms with Crippen molar-refractivity contribution in [2.24, 2.45) is 5.41 Å². The van der Waals surface area contributed by atoms with Gasteiger partial charge < -0.3 is 15.2 Å². The molecular weight excluding hydrogens is 346 g/mol. The van der Waals surface area contributed by atoms with E-state index in [0.717, 1.165) is 0 Å². The van der Waals surface area contributed by atoms with Crippen LogP contribution >= 0.6 is 0 Å². The summed E-state index contributed by atoms with van der Waals surface area (Å²) in [5.41, 5.74) is 0.393. The highest BCUT2D eigenvalue weighted by atomic mass is 16.5. The molecule has 6 heteroatoms. The Balaban J connectivity index is 2.03. The van der Waals surface area contributed by atoms with Gasteiger partial charge in [-0.3, -0.25) is 9.59 Å². The van der Waals surface area contributed by atoms with E-state index in [2.05, 4.69) is 5.32 Å². The predicted molar refractivity (Wildman–Crippen MR) is 102 cm³/mol. The van der Waals surface area contributed by atoms with Gasteiger partial charge in [0.25, 0.3) is 0 Å². The number of anilines is 1. The number of hydrogen-bond acceptors (Lipinski definition) is 5. The topological polar surface area (TPSA) is 92.7 Å². The summed E-state index contributed by atoms with van der Waals surface area (Å²) in [6, 6.07) is 12.3. The molecule has 27 heavy (non-hydrogen) atoms. The van der Waals surface area contributed by atoms with Crippen molar-refractivity contribution in [1.29, 1.82) is 0 Å². The number of carbonyl (C=O) groups excluding carboxylic acids is 3. The number of ether oxygens (including phenoxy) is 1. The normalized spacial score (nSPS) is 12.1. The molecule has 0 aliphatic heterocycles. The van der Waals surface area contributed by atoms with Crippen LogP contribution in [0.2, 0.25) is 0 Å². The number of para-hydroxylation sites is 1. The van der Waals surface area contributed by atoms with E-state index in [4.69, 9.17) is 4.74 Å². The van der Waals surface area contributed by atoms with Gasteiger partial charge in [-0.15, -0.1) is 0 Å². The number of carbonyl (C=O) groups is 3. The minimum atomic E-state index is -1.02. The van der Waals surface area contributed by atoms with Crippen molar-refractivity contribution in [3.05, 3.63) is 59.7 Å². The highest BCUT2D eigenvalue weighted by Gasteiger charge is 2.23. The monoisotopic (exact) mass is 369 g/mol. The van der Waals surface area contributed by atoms with Gasteiger partial charge in [-0.25, -0.2) is 4.79 Å². The summed E-state index contributed by atoms with van der Waals surface area (Å²) in [7, 11) is 0. The maximum absolute atomic E-state index is 12.5. The maximum atomic E-state index is 12.5. The van der Waals surface area contributed by atoms with Gasteiger partial charge in [0.05, 0.1) is 0 Å². The molecule has 2 rings (SSSR count). The third-order valence-corrected chi connectivity index (χ3v) is 3.89. The molecule has 0 unspecified atom stereocenters. The Bertz CT molecular complexity index is 850. The quantitative estimate of drug-likeness (QED) is 0.618. The molecule has 0 aromatic heterocycles. The zero-order valence-corrected chi connectivity index (χ0v) is 15.8. The Kier molecular flexibility index (Phi) is 6.00. The van der Waals surface area contributed by atoms with E-state index in [1.807, 2.05) is 0 Å². The Labute approximate surface area is 158 Å². The molecule has 1 amide bonds. The summed E-state index contributed by atoms with van der Waals surface area (Å²) in [4.78, 5) is 36.5. The molecule has 0 aliphatic carbocycles. The first-order chi connectivity index (χ1) is 12.6. The highest BCUT2D eigenvalue weighted by Crippen LogP contribution is 2.20. The van der Waals surface area contributed by atoms with Crippen LogP contribution in [0.25, 0.3) is 0 Å². The fraction of sp³-hybridized carbons (Fsp3) is 0.286. The van der Waals surface area contributed by atoms with Gasteiger partial charge in [-0.05, 0) is 43.3 Å². The minimum absolute atomic E-state index is 0.00242. The van der Waals surface area contributed by atoms with Crippen molar-refractivity contribution in [2.75, 3.05) is 5.32 Å². The molecule has 142 valence electrons. The first kappa shape index (κ1) is 20.2. The molecule has 0 heterocycles. The van der Waals surface area contributed by atoms with E-state index in [-0.39, 0.29) is 23.0 Å². The van der Waals surface area contributed by atoms with Gasteiger partial charge in [0, 0.05) is 16.7 Å². The number of hydrogen-bond donors (Lipinski definition) is 2. The maximum Gasteiger partial charge on any atom is 0.342 e. The lowest BCUT2D eigenvalue weighted by Gasteiger charge is -2.18. The van der Waals surface area contributed by atoms with Gasteiger partial charge in [0.2, 0.25) is 11.7 Å². The Morgan fingerprint density at radius 1 is 1.00 bits per heavy atom. The number of ketones is 1. The fourth-order valence-corrected chi connectivity index (χ4v) is 2.19. The van der Waals surface area contributed by atoms with Crippen LogP contribution in [0.5, 0.6) is 5.75 Å². The van der Waals surface area contributed by atoms with Crippen LogP contribution in [0.1, 0.15) is 48.4 Å². The van der Waals surface area contributed by atoms with Crippen LogP contribution < -0.4 is 5.32 Å². The number of Topliss-reactive ketones (excluding diaryl/α,β-unsaturated/α-hetero) is 1. The first-order valence-electron chi connectivity index (χ1n) is 8.54. The molecule has 2 aromatic rings. The van der Waals surface area contributed by atoms with Crippen molar-refractivity contribution < 1.29 is 24.2 Å². The number of phenols is 1. The third-order valence-electron chi connectivity index (χ3n) is 3.89. The zero-order valence-electron chi connectivity index (χ0n) is 15.8. The average Bonchev–Trinajstić information content (AvgIpc) is 2.61. The van der Waals surface area contributed by atoms with Crippen molar-refractivity contribution in [3.63, 3.8) is 0 Å². The number of phenolic OH excluding ortho intramolecular Hbond substituents is 1. The second-order valence-corrected chi connectivity index (χ2v) is 7.21. The van der Waals surface area contributed by atoms with E-state index in [1.165, 1.54) is 19.1 Å². The molecule has 0 saturated carbocycles. The van der Waals surface area contributed by atoms with Crippen LogP contribution in [0.3, 0.4) is 0 Å². The van der Waals surface area contributed by atoms with Crippen molar-refractivity contribution in [3.8, 4) is 5.75 Å². The molecule has 0 bridgehead atoms. The number of rotatable bonds is 5. The summed E-state index contributed by atoms with van der Waals surface area (Å²) in [5, 5.41) is 12.5. The Hall–Kier alpha value is -3.15. The van der Waals surface area contributed by atoms with E-state index in [9.17, 15) is 19.5 Å². The molecule has 0 saturated heterocycles. The highest BCUT2D eigenvalue weighted by molar-refractivity contribution is 6.02. The molecule has 2 aromatic carbocycles. The number of amides is 1. The lowest BCUT2D eigenvalue weighted by Crippen LogP contribution is -2.27. The van der Waals surface area contributed by atoms with Crippen LogP contribution in [-0.4, -0.2) is 28.9 Å². The van der Waals surface area contributed by atoms with Crippen molar-refractivity contribution in [2.45, 2.75) is 33.8 Å². The molecule has 1 atom stereocenters. The van der Waals surface area contributed by atoms with E-state index < -0.39 is 17.5 Å². The number of benzene rings is 2. The molecule has 0 fully saturated rings. The minimum Gasteiger partial charge on any atom is -0.507 e. The standard InChI is InChI=1S/C21H23NO5/c1-13(27-19(25)16-7-5-6-8-17(16)23)18(24)14-9-11-15(12-10-14)22-20(26)21(2,3)4/h5-13,23H,1-4H3,(H,22,26)/t13-/m0/s1. The molecule has 0 spiro atoms. The second kappa shape index (κ2) is 8.03. The molecule has 6 nitrogen and oxygen atoms in total. The van der Waals surface area contributed by atoms with Crippen LogP contribution in [0.4, 0.5) is 5.69 Å². The summed E-state index contributed by atoms with van der Waals surface area (Å²) >= 11 is 0. The lowest BCUT2D eigenvalue weighted by atomic mass is 9.95. The third kappa shape index (κ3) is 5.17. The Morgan fingerprint density at radius 2 is 1.59 bits per heavy atom. The number of esters is 1. The molecular formula is C21H23NO5. The molecule has 0 aliphatic rings. The number of nitrogens with one attached hydrogen (secondary N) is 1. The smallest absolute Gasteiger partial charge is 0.342 e. The summed E-state index contributed by atoms with van der Waals surface area (Å²) < 4.78 is 5.15. The van der Waals surface area contributed by atoms with Crippen LogP contribution in [0, 0.1) is 5.41 Å². The van der Waals surface area contributed by atoms with E-state index in [1.54, 1.807) is 57.2 Å². The summed E-state index contributed by atoms with van der Waals surface area (Å²) in [6.45, 7) is 6.89. The second-order valence-electron chi connectivity index (χ2n) is 7.21.